The summed E-state index contributed by atoms with van der Waals surface area (Å²) < 4.78 is 44.8. The minimum atomic E-state index is -5.40. The minimum absolute atomic E-state index is 0.183. The van der Waals surface area contributed by atoms with Crippen molar-refractivity contribution in [2.24, 2.45) is 11.8 Å². The highest BCUT2D eigenvalue weighted by atomic mass is 19.4. The maximum atomic E-state index is 13.3. The lowest BCUT2D eigenvalue weighted by Crippen LogP contribution is -2.65. The van der Waals surface area contributed by atoms with Crippen molar-refractivity contribution in [3.63, 3.8) is 0 Å². The number of urea groups is 1. The fourth-order valence-electron chi connectivity index (χ4n) is 4.14. The van der Waals surface area contributed by atoms with Gasteiger partial charge in [0.2, 0.25) is 11.8 Å². The Morgan fingerprint density at radius 1 is 0.971 bits per heavy atom. The highest BCUT2D eigenvalue weighted by Crippen LogP contribution is 2.34. The van der Waals surface area contributed by atoms with Gasteiger partial charge in [0.05, 0.1) is 19.3 Å². The van der Waals surface area contributed by atoms with Crippen LogP contribution in [0.3, 0.4) is 0 Å². The molecule has 196 valence electrons. The van der Waals surface area contributed by atoms with Gasteiger partial charge in [-0.15, -0.1) is 0 Å². The number of morpholine rings is 1. The number of aliphatic hydroxyl groups is 2. The number of nitrogens with one attached hydrogen (secondary N) is 2. The van der Waals surface area contributed by atoms with Gasteiger partial charge in [-0.3, -0.25) is 9.59 Å². The molecule has 34 heavy (non-hydrogen) atoms. The third kappa shape index (κ3) is 6.30. The van der Waals surface area contributed by atoms with Crippen LogP contribution in [0.25, 0.3) is 0 Å². The molecule has 0 bridgehead atoms. The van der Waals surface area contributed by atoms with Gasteiger partial charge in [-0.05, 0) is 24.7 Å². The van der Waals surface area contributed by atoms with Crippen molar-refractivity contribution < 1.29 is 42.5 Å². The number of likely N-dealkylation sites (tertiary alicyclic amines) is 1. The van der Waals surface area contributed by atoms with E-state index >= 15 is 0 Å². The average Bonchev–Trinajstić information content (AvgIpc) is 3.24. The Morgan fingerprint density at radius 3 is 2.06 bits per heavy atom. The molecule has 0 aliphatic carbocycles. The lowest BCUT2D eigenvalue weighted by atomic mass is 9.94. The van der Waals surface area contributed by atoms with E-state index in [9.17, 15) is 37.8 Å². The Hall–Kier alpha value is -2.12. The van der Waals surface area contributed by atoms with Crippen LogP contribution in [-0.4, -0.2) is 101 Å². The van der Waals surface area contributed by atoms with E-state index in [4.69, 9.17) is 4.74 Å². The van der Waals surface area contributed by atoms with Crippen LogP contribution in [0, 0.1) is 11.8 Å². The molecule has 4 amide bonds. The first-order valence-corrected chi connectivity index (χ1v) is 11.4. The molecule has 2 saturated heterocycles. The lowest BCUT2D eigenvalue weighted by Gasteiger charge is -2.37. The number of amides is 4. The molecular formula is C21H35F3N4O6. The molecule has 0 aromatic heterocycles. The zero-order chi connectivity index (χ0) is 25.8. The van der Waals surface area contributed by atoms with E-state index in [1.165, 1.54) is 23.6 Å². The van der Waals surface area contributed by atoms with Crippen LogP contribution < -0.4 is 10.6 Å². The molecule has 2 aliphatic rings. The Balaban J connectivity index is 2.15. The molecule has 2 heterocycles. The summed E-state index contributed by atoms with van der Waals surface area (Å²) in [5.41, 5.74) is 0. The highest BCUT2D eigenvalue weighted by molar-refractivity contribution is 5.92. The normalized spacial score (nSPS) is 21.6. The summed E-state index contributed by atoms with van der Waals surface area (Å²) in [6, 6.07) is -4.53. The molecule has 1 unspecified atom stereocenters. The van der Waals surface area contributed by atoms with Gasteiger partial charge in [0.25, 0.3) is 5.79 Å². The molecule has 0 radical (unpaired) electrons. The Bertz CT molecular complexity index is 741. The summed E-state index contributed by atoms with van der Waals surface area (Å²) in [5, 5.41) is 24.2. The molecule has 0 aromatic carbocycles. The number of alkyl halides is 3. The molecule has 4 N–H and O–H groups in total. The van der Waals surface area contributed by atoms with Gasteiger partial charge in [0.15, 0.2) is 0 Å². The SMILES string of the molecule is CC(C)C(NC(=O)[C@@H]1CCCN1C(=O)[C@@H](NC(=O)N1CCOCC1)C(C)C)C(O)(O)C(F)(F)F. The number of nitrogens with zero attached hydrogens (tertiary/aromatic N) is 2. The quantitative estimate of drug-likeness (QED) is 0.378. The Labute approximate surface area is 196 Å². The van der Waals surface area contributed by atoms with Crippen molar-refractivity contribution in [1.29, 1.82) is 0 Å². The van der Waals surface area contributed by atoms with Crippen molar-refractivity contribution in [3.05, 3.63) is 0 Å². The van der Waals surface area contributed by atoms with Crippen LogP contribution in [0.2, 0.25) is 0 Å². The molecule has 0 spiro atoms. The zero-order valence-corrected chi connectivity index (χ0v) is 19.9. The number of carbonyl (C=O) groups excluding carboxylic acids is 3. The number of hydrogen-bond donors (Lipinski definition) is 4. The molecular weight excluding hydrogens is 461 g/mol. The van der Waals surface area contributed by atoms with Crippen molar-refractivity contribution in [1.82, 2.24) is 20.4 Å². The first-order chi connectivity index (χ1) is 15.7. The lowest BCUT2D eigenvalue weighted by molar-refractivity contribution is -0.362. The number of carbonyl (C=O) groups is 3. The molecule has 13 heteroatoms. The fourth-order valence-corrected chi connectivity index (χ4v) is 4.14. The third-order valence-electron chi connectivity index (χ3n) is 6.16. The highest BCUT2D eigenvalue weighted by Gasteiger charge is 2.59. The molecule has 2 rings (SSSR count). The van der Waals surface area contributed by atoms with Crippen LogP contribution in [0.4, 0.5) is 18.0 Å². The smallest absolute Gasteiger partial charge is 0.378 e. The Morgan fingerprint density at radius 2 is 1.56 bits per heavy atom. The van der Waals surface area contributed by atoms with E-state index in [1.807, 2.05) is 0 Å². The summed E-state index contributed by atoms with van der Waals surface area (Å²) in [6.45, 7) is 7.79. The fraction of sp³-hybridized carbons (Fsp3) is 0.857. The largest absolute Gasteiger partial charge is 0.445 e. The second-order valence-corrected chi connectivity index (χ2v) is 9.41. The van der Waals surface area contributed by atoms with E-state index in [-0.39, 0.29) is 18.9 Å². The summed E-state index contributed by atoms with van der Waals surface area (Å²) in [5.74, 6) is -6.87. The van der Waals surface area contributed by atoms with Crippen molar-refractivity contribution in [2.45, 2.75) is 70.6 Å². The third-order valence-corrected chi connectivity index (χ3v) is 6.16. The first-order valence-electron chi connectivity index (χ1n) is 11.4. The van der Waals surface area contributed by atoms with E-state index in [0.29, 0.717) is 32.7 Å². The van der Waals surface area contributed by atoms with Crippen LogP contribution >= 0.6 is 0 Å². The average molecular weight is 497 g/mol. The molecule has 0 aromatic rings. The number of ether oxygens (including phenoxy) is 1. The molecule has 0 saturated carbocycles. The maximum absolute atomic E-state index is 13.3. The van der Waals surface area contributed by atoms with E-state index in [0.717, 1.165) is 0 Å². The van der Waals surface area contributed by atoms with E-state index in [2.05, 4.69) is 10.6 Å². The van der Waals surface area contributed by atoms with Gasteiger partial charge in [0.1, 0.15) is 12.1 Å². The zero-order valence-electron chi connectivity index (χ0n) is 19.9. The van der Waals surface area contributed by atoms with Crippen LogP contribution in [0.5, 0.6) is 0 Å². The van der Waals surface area contributed by atoms with Gasteiger partial charge in [-0.1, -0.05) is 27.7 Å². The molecule has 3 atom stereocenters. The van der Waals surface area contributed by atoms with Gasteiger partial charge in [-0.25, -0.2) is 4.79 Å². The van der Waals surface area contributed by atoms with Gasteiger partial charge >= 0.3 is 12.2 Å². The topological polar surface area (TPSA) is 131 Å². The van der Waals surface area contributed by atoms with Gasteiger partial charge < -0.3 is 35.4 Å². The number of hydrogen-bond acceptors (Lipinski definition) is 6. The van der Waals surface area contributed by atoms with Crippen molar-refractivity contribution >= 4 is 17.8 Å². The maximum Gasteiger partial charge on any atom is 0.445 e. The first kappa shape index (κ1) is 28.1. The molecule has 10 nitrogen and oxygen atoms in total. The minimum Gasteiger partial charge on any atom is -0.378 e. The molecule has 2 fully saturated rings. The second-order valence-electron chi connectivity index (χ2n) is 9.41. The van der Waals surface area contributed by atoms with E-state index < -0.39 is 53.9 Å². The molecule has 2 aliphatic heterocycles. The van der Waals surface area contributed by atoms with Gasteiger partial charge in [0, 0.05) is 19.6 Å². The van der Waals surface area contributed by atoms with Crippen LogP contribution in [0.15, 0.2) is 0 Å². The summed E-state index contributed by atoms with van der Waals surface area (Å²) in [6.07, 6.45) is -4.77. The van der Waals surface area contributed by atoms with Gasteiger partial charge in [-0.2, -0.15) is 13.2 Å². The summed E-state index contributed by atoms with van der Waals surface area (Å²) >= 11 is 0. The summed E-state index contributed by atoms with van der Waals surface area (Å²) in [7, 11) is 0. The van der Waals surface area contributed by atoms with E-state index in [1.54, 1.807) is 13.8 Å². The second kappa shape index (κ2) is 11.1. The predicted octanol–water partition coefficient (Wildman–Crippen LogP) is 0.428. The number of rotatable bonds is 7. The van der Waals surface area contributed by atoms with Crippen LogP contribution in [-0.2, 0) is 14.3 Å². The Kier molecular flexibility index (Phi) is 9.16. The number of halogens is 3. The van der Waals surface area contributed by atoms with Crippen LogP contribution in [0.1, 0.15) is 40.5 Å². The monoisotopic (exact) mass is 496 g/mol. The van der Waals surface area contributed by atoms with Crippen molar-refractivity contribution in [2.75, 3.05) is 32.8 Å². The summed E-state index contributed by atoms with van der Waals surface area (Å²) in [4.78, 5) is 41.6. The predicted molar refractivity (Wildman–Crippen MR) is 114 cm³/mol. The standard InChI is InChI=1S/C21H35F3N4O6/c1-12(2)15(25-19(31)27-8-10-34-11-9-27)18(30)28-7-5-6-14(28)17(29)26-16(13(3)4)20(32,33)21(22,23)24/h12-16,32-33H,5-11H2,1-4H3,(H,25,31)(H,26,29)/t14-,15-,16?/m0/s1. The van der Waals surface area contributed by atoms with Crippen molar-refractivity contribution in [3.8, 4) is 0 Å².